The van der Waals surface area contributed by atoms with Crippen molar-refractivity contribution in [3.05, 3.63) is 52.0 Å². The van der Waals surface area contributed by atoms with Crippen molar-refractivity contribution in [2.24, 2.45) is 5.73 Å². The van der Waals surface area contributed by atoms with E-state index in [0.29, 0.717) is 12.6 Å². The van der Waals surface area contributed by atoms with Crippen molar-refractivity contribution in [2.75, 3.05) is 13.6 Å². The number of H-pyrrole nitrogens is 1. The number of hydrogen-bond acceptors (Lipinski definition) is 3. The average Bonchev–Trinajstić information content (AvgIpc) is 2.85. The summed E-state index contributed by atoms with van der Waals surface area (Å²) in [6, 6.07) is 8.91. The van der Waals surface area contributed by atoms with E-state index >= 15 is 0 Å². The lowest BCUT2D eigenvalue weighted by Gasteiger charge is -2.38. The summed E-state index contributed by atoms with van der Waals surface area (Å²) in [5.41, 5.74) is 9.47. The van der Waals surface area contributed by atoms with Gasteiger partial charge in [-0.2, -0.15) is 0 Å². The lowest BCUT2D eigenvalue weighted by atomic mass is 9.92. The molecule has 4 nitrogen and oxygen atoms in total. The number of nitrogens with two attached hydrogens (primary N) is 1. The van der Waals surface area contributed by atoms with E-state index in [2.05, 4.69) is 56.0 Å². The van der Waals surface area contributed by atoms with Crippen LogP contribution in [0.15, 0.2) is 35.1 Å². The highest BCUT2D eigenvalue weighted by atomic mass is 79.9. The number of nitrogens with zero attached hydrogens (tertiary/aromatic N) is 2. The smallest absolute Gasteiger partial charge is 0.0926 e. The van der Waals surface area contributed by atoms with Gasteiger partial charge in [-0.1, -0.05) is 28.1 Å². The minimum atomic E-state index is 0.168. The van der Waals surface area contributed by atoms with Crippen molar-refractivity contribution < 1.29 is 0 Å². The number of benzene rings is 1. The van der Waals surface area contributed by atoms with Gasteiger partial charge in [-0.15, -0.1) is 0 Å². The van der Waals surface area contributed by atoms with Gasteiger partial charge in [0.05, 0.1) is 18.1 Å². The summed E-state index contributed by atoms with van der Waals surface area (Å²) in [6.07, 6.45) is 2.72. The average molecular weight is 321 g/mol. The summed E-state index contributed by atoms with van der Waals surface area (Å²) in [5.74, 6) is 0. The van der Waals surface area contributed by atoms with Crippen molar-refractivity contribution in [1.29, 1.82) is 0 Å². The van der Waals surface area contributed by atoms with Gasteiger partial charge in [0, 0.05) is 29.2 Å². The van der Waals surface area contributed by atoms with E-state index in [1.54, 1.807) is 6.33 Å². The van der Waals surface area contributed by atoms with Gasteiger partial charge >= 0.3 is 0 Å². The Morgan fingerprint density at radius 3 is 3.11 bits per heavy atom. The predicted octanol–water partition coefficient (Wildman–Crippen LogP) is 2.08. The molecule has 0 amide bonds. The zero-order valence-corrected chi connectivity index (χ0v) is 12.4. The molecule has 0 aliphatic carbocycles. The van der Waals surface area contributed by atoms with E-state index in [4.69, 9.17) is 5.73 Å². The van der Waals surface area contributed by atoms with Crippen LogP contribution in [-0.2, 0) is 6.42 Å². The molecule has 5 heteroatoms. The molecule has 0 saturated heterocycles. The molecular weight excluding hydrogens is 304 g/mol. The van der Waals surface area contributed by atoms with Crippen LogP contribution in [0.25, 0.3) is 0 Å². The number of aromatic amines is 1. The summed E-state index contributed by atoms with van der Waals surface area (Å²) in [5, 5.41) is 0. The summed E-state index contributed by atoms with van der Waals surface area (Å²) < 4.78 is 1.09. The highest BCUT2D eigenvalue weighted by molar-refractivity contribution is 9.10. The van der Waals surface area contributed by atoms with Crippen molar-refractivity contribution in [3.8, 4) is 0 Å². The number of fused-ring (bicyclic) bond motifs is 1. The van der Waals surface area contributed by atoms with Gasteiger partial charge in [-0.05, 0) is 24.7 Å². The van der Waals surface area contributed by atoms with Crippen LogP contribution in [0.1, 0.15) is 23.0 Å². The van der Waals surface area contributed by atoms with Gasteiger partial charge < -0.3 is 10.7 Å². The number of hydrogen-bond donors (Lipinski definition) is 2. The fourth-order valence-electron chi connectivity index (χ4n) is 2.83. The third kappa shape index (κ3) is 2.22. The quantitative estimate of drug-likeness (QED) is 0.890. The number of rotatable bonds is 2. The van der Waals surface area contributed by atoms with Gasteiger partial charge in [-0.25, -0.2) is 4.98 Å². The van der Waals surface area contributed by atoms with E-state index in [9.17, 15) is 0 Å². The molecular formula is C14H17BrN4. The zero-order valence-electron chi connectivity index (χ0n) is 10.8. The summed E-state index contributed by atoms with van der Waals surface area (Å²) in [4.78, 5) is 10.1. The second kappa shape index (κ2) is 5.07. The molecule has 1 aromatic carbocycles. The maximum absolute atomic E-state index is 5.90. The van der Waals surface area contributed by atoms with Crippen LogP contribution in [-0.4, -0.2) is 34.5 Å². The molecule has 0 fully saturated rings. The summed E-state index contributed by atoms with van der Waals surface area (Å²) >= 11 is 3.54. The standard InChI is InChI=1S/C14H17BrN4/c1-19-11(7-16)6-12-13(18-8-17-12)14(19)9-3-2-4-10(15)5-9/h2-5,8,11,14H,6-7,16H2,1H3,(H,17,18). The Labute approximate surface area is 121 Å². The van der Waals surface area contributed by atoms with Crippen LogP contribution in [0.3, 0.4) is 0 Å². The van der Waals surface area contributed by atoms with E-state index in [1.807, 2.05) is 6.07 Å². The zero-order chi connectivity index (χ0) is 13.4. The highest BCUT2D eigenvalue weighted by Gasteiger charge is 2.34. The predicted molar refractivity (Wildman–Crippen MR) is 78.9 cm³/mol. The molecule has 1 aliphatic rings. The molecule has 3 N–H and O–H groups in total. The molecule has 2 atom stereocenters. The fraction of sp³-hybridized carbons (Fsp3) is 0.357. The van der Waals surface area contributed by atoms with Gasteiger partial charge in [-0.3, -0.25) is 4.90 Å². The fourth-order valence-corrected chi connectivity index (χ4v) is 3.25. The minimum Gasteiger partial charge on any atom is -0.348 e. The first-order valence-corrected chi connectivity index (χ1v) is 7.19. The topological polar surface area (TPSA) is 57.9 Å². The third-order valence-electron chi connectivity index (χ3n) is 3.87. The highest BCUT2D eigenvalue weighted by Crippen LogP contribution is 2.35. The van der Waals surface area contributed by atoms with Crippen LogP contribution >= 0.6 is 15.9 Å². The maximum Gasteiger partial charge on any atom is 0.0926 e. The van der Waals surface area contributed by atoms with Crippen molar-refractivity contribution >= 4 is 15.9 Å². The Kier molecular flexibility index (Phi) is 3.43. The number of likely N-dealkylation sites (N-methyl/N-ethyl adjacent to an activating group) is 1. The van der Waals surface area contributed by atoms with Gasteiger partial charge in [0.25, 0.3) is 0 Å². The monoisotopic (exact) mass is 320 g/mol. The summed E-state index contributed by atoms with van der Waals surface area (Å²) in [6.45, 7) is 0.652. The van der Waals surface area contributed by atoms with Crippen molar-refractivity contribution in [2.45, 2.75) is 18.5 Å². The van der Waals surface area contributed by atoms with Crippen LogP contribution in [0.5, 0.6) is 0 Å². The molecule has 0 bridgehead atoms. The molecule has 0 spiro atoms. The normalized spacial score (nSPS) is 23.3. The van der Waals surface area contributed by atoms with Gasteiger partial charge in [0.1, 0.15) is 0 Å². The SMILES string of the molecule is CN1C(CN)Cc2[nH]cnc2C1c1cccc(Br)c1. The Morgan fingerprint density at radius 2 is 2.37 bits per heavy atom. The van der Waals surface area contributed by atoms with Crippen molar-refractivity contribution in [3.63, 3.8) is 0 Å². The molecule has 1 aromatic heterocycles. The maximum atomic E-state index is 5.90. The molecule has 2 heterocycles. The first-order chi connectivity index (χ1) is 9.20. The number of imidazole rings is 1. The summed E-state index contributed by atoms with van der Waals surface area (Å²) in [7, 11) is 2.13. The molecule has 0 radical (unpaired) electrons. The molecule has 0 saturated carbocycles. The van der Waals surface area contributed by atoms with Crippen LogP contribution in [0.4, 0.5) is 0 Å². The van der Waals surface area contributed by atoms with Crippen LogP contribution in [0.2, 0.25) is 0 Å². The Hall–Kier alpha value is -1.17. The number of aromatic nitrogens is 2. The minimum absolute atomic E-state index is 0.168. The van der Waals surface area contributed by atoms with Gasteiger partial charge in [0.2, 0.25) is 0 Å². The molecule has 19 heavy (non-hydrogen) atoms. The molecule has 2 aromatic rings. The first kappa shape index (κ1) is 12.8. The van der Waals surface area contributed by atoms with Crippen LogP contribution < -0.4 is 5.73 Å². The second-order valence-electron chi connectivity index (χ2n) is 4.98. The van der Waals surface area contributed by atoms with E-state index in [-0.39, 0.29) is 6.04 Å². The number of halogens is 1. The van der Waals surface area contributed by atoms with E-state index in [0.717, 1.165) is 16.6 Å². The lowest BCUT2D eigenvalue weighted by Crippen LogP contribution is -2.45. The lowest BCUT2D eigenvalue weighted by molar-refractivity contribution is 0.180. The third-order valence-corrected chi connectivity index (χ3v) is 4.36. The Bertz CT molecular complexity index is 580. The van der Waals surface area contributed by atoms with Crippen molar-refractivity contribution in [1.82, 2.24) is 14.9 Å². The van der Waals surface area contributed by atoms with E-state index < -0.39 is 0 Å². The molecule has 2 unspecified atom stereocenters. The van der Waals surface area contributed by atoms with Gasteiger partial charge in [0.15, 0.2) is 0 Å². The Balaban J connectivity index is 2.08. The number of nitrogens with one attached hydrogen (secondary N) is 1. The second-order valence-corrected chi connectivity index (χ2v) is 5.90. The molecule has 100 valence electrons. The molecule has 1 aliphatic heterocycles. The Morgan fingerprint density at radius 1 is 1.53 bits per heavy atom. The van der Waals surface area contributed by atoms with Crippen LogP contribution in [0, 0.1) is 0 Å². The first-order valence-electron chi connectivity index (χ1n) is 6.40. The largest absolute Gasteiger partial charge is 0.348 e. The molecule has 3 rings (SSSR count). The van der Waals surface area contributed by atoms with E-state index in [1.165, 1.54) is 11.3 Å².